The molecule has 1 amide bonds. The summed E-state index contributed by atoms with van der Waals surface area (Å²) in [6.07, 6.45) is 1.53. The summed E-state index contributed by atoms with van der Waals surface area (Å²) >= 11 is 3.45. The molecule has 142 valence electrons. The Bertz CT molecular complexity index is 840. The van der Waals surface area contributed by atoms with Crippen molar-refractivity contribution in [3.8, 4) is 5.75 Å². The van der Waals surface area contributed by atoms with Gasteiger partial charge in [-0.25, -0.2) is 4.39 Å². The molecule has 0 bridgehead atoms. The van der Waals surface area contributed by atoms with E-state index in [0.717, 1.165) is 33.5 Å². The minimum Gasteiger partial charge on any atom is -0.493 e. The van der Waals surface area contributed by atoms with E-state index in [9.17, 15) is 9.18 Å². The highest BCUT2D eigenvalue weighted by Crippen LogP contribution is 2.28. The molecule has 1 heterocycles. The number of hydrogen-bond acceptors (Lipinski definition) is 4. The van der Waals surface area contributed by atoms with Crippen LogP contribution in [0.25, 0.3) is 0 Å². The molecular weight excluding hydrogens is 415 g/mol. The molecule has 2 aromatic rings. The average molecular weight is 435 g/mol. The minimum atomic E-state index is -0.310. The number of oxime groups is 1. The molecule has 3 rings (SSSR count). The van der Waals surface area contributed by atoms with Crippen molar-refractivity contribution in [1.82, 2.24) is 5.32 Å². The maximum Gasteiger partial charge on any atom is 0.261 e. The fraction of sp³-hybridized carbons (Fsp3) is 0.300. The van der Waals surface area contributed by atoms with Crippen LogP contribution in [0.3, 0.4) is 0 Å². The van der Waals surface area contributed by atoms with Gasteiger partial charge in [-0.1, -0.05) is 33.2 Å². The standard InChI is InChI=1S/C20H20BrFN2O3/c1-13(14-4-7-16(22)8-5-14)23-20(25)12-27-24-18-3-2-10-26-19-9-6-15(21)11-17(18)19/h4-9,11,13H,2-3,10,12H2,1H3,(H,23,25). The van der Waals surface area contributed by atoms with Gasteiger partial charge in [-0.15, -0.1) is 0 Å². The quantitative estimate of drug-likeness (QED) is 0.711. The van der Waals surface area contributed by atoms with Crippen LogP contribution in [0.5, 0.6) is 5.75 Å². The number of amides is 1. The highest BCUT2D eigenvalue weighted by Gasteiger charge is 2.17. The van der Waals surface area contributed by atoms with Gasteiger partial charge in [0, 0.05) is 10.0 Å². The third-order valence-electron chi connectivity index (χ3n) is 4.19. The smallest absolute Gasteiger partial charge is 0.261 e. The van der Waals surface area contributed by atoms with Crippen LogP contribution in [-0.4, -0.2) is 24.8 Å². The third-order valence-corrected chi connectivity index (χ3v) is 4.68. The lowest BCUT2D eigenvalue weighted by Crippen LogP contribution is -2.29. The van der Waals surface area contributed by atoms with Crippen LogP contribution in [0.2, 0.25) is 0 Å². The number of carbonyl (C=O) groups excluding carboxylic acids is 1. The number of ether oxygens (including phenoxy) is 1. The van der Waals surface area contributed by atoms with Crippen LogP contribution < -0.4 is 10.1 Å². The normalized spacial score (nSPS) is 16.0. The Balaban J connectivity index is 1.59. The molecule has 1 N–H and O–H groups in total. The molecule has 7 heteroatoms. The Labute approximate surface area is 165 Å². The Kier molecular flexibility index (Phi) is 6.45. The average Bonchev–Trinajstić information content (AvgIpc) is 2.84. The molecule has 1 unspecified atom stereocenters. The number of carbonyl (C=O) groups is 1. The van der Waals surface area contributed by atoms with Gasteiger partial charge >= 0.3 is 0 Å². The van der Waals surface area contributed by atoms with Crippen LogP contribution in [-0.2, 0) is 9.63 Å². The number of benzene rings is 2. The van der Waals surface area contributed by atoms with Crippen molar-refractivity contribution in [2.75, 3.05) is 13.2 Å². The second kappa shape index (κ2) is 8.99. The maximum atomic E-state index is 13.0. The largest absolute Gasteiger partial charge is 0.493 e. The second-order valence-corrected chi connectivity index (χ2v) is 7.16. The predicted molar refractivity (Wildman–Crippen MR) is 104 cm³/mol. The zero-order valence-electron chi connectivity index (χ0n) is 14.9. The molecule has 0 aliphatic carbocycles. The lowest BCUT2D eigenvalue weighted by atomic mass is 10.1. The van der Waals surface area contributed by atoms with E-state index in [1.165, 1.54) is 12.1 Å². The molecule has 0 radical (unpaired) electrons. The number of hydrogen-bond donors (Lipinski definition) is 1. The molecule has 0 aromatic heterocycles. The molecule has 1 aliphatic heterocycles. The van der Waals surface area contributed by atoms with E-state index in [2.05, 4.69) is 26.4 Å². The first kappa shape index (κ1) is 19.4. The van der Waals surface area contributed by atoms with Gasteiger partial charge in [0.2, 0.25) is 0 Å². The Morgan fingerprint density at radius 1 is 1.33 bits per heavy atom. The number of rotatable bonds is 5. The zero-order valence-corrected chi connectivity index (χ0v) is 16.5. The lowest BCUT2D eigenvalue weighted by molar-refractivity contribution is -0.126. The van der Waals surface area contributed by atoms with E-state index in [1.54, 1.807) is 12.1 Å². The molecule has 0 saturated carbocycles. The summed E-state index contributed by atoms with van der Waals surface area (Å²) in [5, 5.41) is 6.97. The molecule has 0 spiro atoms. The van der Waals surface area contributed by atoms with Crippen LogP contribution in [0.15, 0.2) is 52.1 Å². The van der Waals surface area contributed by atoms with Crippen molar-refractivity contribution in [2.24, 2.45) is 5.16 Å². The summed E-state index contributed by atoms with van der Waals surface area (Å²) in [4.78, 5) is 17.4. The lowest BCUT2D eigenvalue weighted by Gasteiger charge is -2.14. The van der Waals surface area contributed by atoms with Crippen molar-refractivity contribution in [3.63, 3.8) is 0 Å². The van der Waals surface area contributed by atoms with Gasteiger partial charge in [0.05, 0.1) is 18.4 Å². The summed E-state index contributed by atoms with van der Waals surface area (Å²) < 4.78 is 19.6. The Morgan fingerprint density at radius 3 is 2.89 bits per heavy atom. The van der Waals surface area contributed by atoms with Crippen LogP contribution in [0, 0.1) is 5.82 Å². The first-order chi connectivity index (χ1) is 13.0. The van der Waals surface area contributed by atoms with Gasteiger partial charge < -0.3 is 14.9 Å². The van der Waals surface area contributed by atoms with Crippen molar-refractivity contribution < 1.29 is 18.8 Å². The van der Waals surface area contributed by atoms with Gasteiger partial charge in [0.15, 0.2) is 6.61 Å². The van der Waals surface area contributed by atoms with Crippen molar-refractivity contribution in [1.29, 1.82) is 0 Å². The molecule has 0 saturated heterocycles. The van der Waals surface area contributed by atoms with Crippen molar-refractivity contribution in [3.05, 3.63) is 63.9 Å². The summed E-state index contributed by atoms with van der Waals surface area (Å²) in [5.41, 5.74) is 2.43. The summed E-state index contributed by atoms with van der Waals surface area (Å²) in [6.45, 7) is 2.25. The predicted octanol–water partition coefficient (Wildman–Crippen LogP) is 4.36. The first-order valence-corrected chi connectivity index (χ1v) is 9.48. The summed E-state index contributed by atoms with van der Waals surface area (Å²) in [7, 11) is 0. The molecule has 1 aliphatic rings. The maximum absolute atomic E-state index is 13.0. The van der Waals surface area contributed by atoms with E-state index >= 15 is 0 Å². The zero-order chi connectivity index (χ0) is 19.2. The van der Waals surface area contributed by atoms with Gasteiger partial charge in [0.25, 0.3) is 5.91 Å². The highest BCUT2D eigenvalue weighted by atomic mass is 79.9. The molecule has 5 nitrogen and oxygen atoms in total. The number of nitrogens with zero attached hydrogens (tertiary/aromatic N) is 1. The Hall–Kier alpha value is -2.41. The number of nitrogens with one attached hydrogen (secondary N) is 1. The highest BCUT2D eigenvalue weighted by molar-refractivity contribution is 9.10. The fourth-order valence-electron chi connectivity index (χ4n) is 2.79. The van der Waals surface area contributed by atoms with E-state index < -0.39 is 0 Å². The van der Waals surface area contributed by atoms with Gasteiger partial charge in [0.1, 0.15) is 11.6 Å². The van der Waals surface area contributed by atoms with Crippen LogP contribution in [0.4, 0.5) is 4.39 Å². The van der Waals surface area contributed by atoms with Crippen LogP contribution in [0.1, 0.15) is 36.9 Å². The van der Waals surface area contributed by atoms with E-state index in [1.807, 2.05) is 25.1 Å². The van der Waals surface area contributed by atoms with Gasteiger partial charge in [-0.2, -0.15) is 0 Å². The van der Waals surface area contributed by atoms with E-state index in [0.29, 0.717) is 13.0 Å². The Morgan fingerprint density at radius 2 is 2.11 bits per heavy atom. The fourth-order valence-corrected chi connectivity index (χ4v) is 3.15. The third kappa shape index (κ3) is 5.29. The molecular formula is C20H20BrFN2O3. The summed E-state index contributed by atoms with van der Waals surface area (Å²) in [6, 6.07) is 11.5. The minimum absolute atomic E-state index is 0.195. The van der Waals surface area contributed by atoms with E-state index in [4.69, 9.17) is 9.57 Å². The number of fused-ring (bicyclic) bond motifs is 1. The van der Waals surface area contributed by atoms with Gasteiger partial charge in [-0.05, 0) is 55.7 Å². The van der Waals surface area contributed by atoms with Crippen LogP contribution >= 0.6 is 15.9 Å². The van der Waals surface area contributed by atoms with Crippen molar-refractivity contribution in [2.45, 2.75) is 25.8 Å². The molecule has 1 atom stereocenters. The second-order valence-electron chi connectivity index (χ2n) is 6.24. The number of halogens is 2. The van der Waals surface area contributed by atoms with E-state index in [-0.39, 0.29) is 24.4 Å². The first-order valence-electron chi connectivity index (χ1n) is 8.69. The SMILES string of the molecule is CC(NC(=O)CON=C1CCCOc2ccc(Br)cc21)c1ccc(F)cc1. The molecule has 2 aromatic carbocycles. The molecule has 0 fully saturated rings. The van der Waals surface area contributed by atoms with Gasteiger partial charge in [-0.3, -0.25) is 4.79 Å². The molecule has 27 heavy (non-hydrogen) atoms. The summed E-state index contributed by atoms with van der Waals surface area (Å²) in [5.74, 6) is 0.152. The topological polar surface area (TPSA) is 59.9 Å². The van der Waals surface area contributed by atoms with Crippen molar-refractivity contribution >= 4 is 27.5 Å². The monoisotopic (exact) mass is 434 g/mol.